The maximum atomic E-state index is 10.7. The number of anilines is 1. The van der Waals surface area contributed by atoms with E-state index >= 15 is 0 Å². The van der Waals surface area contributed by atoms with Crippen molar-refractivity contribution < 1.29 is 4.79 Å². The predicted molar refractivity (Wildman–Crippen MR) is 64.9 cm³/mol. The van der Waals surface area contributed by atoms with E-state index in [1.165, 1.54) is 11.3 Å². The number of nitrogen functional groups attached to an aromatic ring is 1. The van der Waals surface area contributed by atoms with E-state index in [-0.39, 0.29) is 12.3 Å². The molecule has 5 heteroatoms. The highest BCUT2D eigenvalue weighted by atomic mass is 32.1. The van der Waals surface area contributed by atoms with E-state index < -0.39 is 0 Å². The highest BCUT2D eigenvalue weighted by Crippen LogP contribution is 2.28. The molecule has 2 aromatic rings. The van der Waals surface area contributed by atoms with Gasteiger partial charge in [0.2, 0.25) is 5.91 Å². The van der Waals surface area contributed by atoms with E-state index in [4.69, 9.17) is 11.5 Å². The standard InChI is InChI=1S/C11H11N3OS/c12-9-4-2-1-3-8(9)11-14-7(6-16-11)5-10(13)15/h1-4,6H,5,12H2,(H2,13,15). The summed E-state index contributed by atoms with van der Waals surface area (Å²) >= 11 is 1.46. The zero-order valence-electron chi connectivity index (χ0n) is 8.51. The summed E-state index contributed by atoms with van der Waals surface area (Å²) in [5.41, 5.74) is 13.2. The maximum Gasteiger partial charge on any atom is 0.223 e. The first-order valence-corrected chi connectivity index (χ1v) is 5.62. The first-order valence-electron chi connectivity index (χ1n) is 4.74. The Morgan fingerprint density at radius 3 is 2.81 bits per heavy atom. The molecule has 2 rings (SSSR count). The minimum Gasteiger partial charge on any atom is -0.398 e. The summed E-state index contributed by atoms with van der Waals surface area (Å²) in [5.74, 6) is -0.377. The highest BCUT2D eigenvalue weighted by Gasteiger charge is 2.08. The molecule has 0 bridgehead atoms. The molecule has 0 aliphatic rings. The van der Waals surface area contributed by atoms with Crippen LogP contribution in [0.5, 0.6) is 0 Å². The van der Waals surface area contributed by atoms with Crippen molar-refractivity contribution in [3.8, 4) is 10.6 Å². The summed E-state index contributed by atoms with van der Waals surface area (Å²) in [5, 5.41) is 2.64. The smallest absolute Gasteiger partial charge is 0.223 e. The predicted octanol–water partition coefficient (Wildman–Crippen LogP) is 1.42. The fourth-order valence-corrected chi connectivity index (χ4v) is 2.25. The van der Waals surface area contributed by atoms with Crippen LogP contribution in [0.2, 0.25) is 0 Å². The third-order valence-corrected chi connectivity index (χ3v) is 3.02. The van der Waals surface area contributed by atoms with Crippen LogP contribution in [0.15, 0.2) is 29.6 Å². The van der Waals surface area contributed by atoms with Crippen LogP contribution < -0.4 is 11.5 Å². The monoisotopic (exact) mass is 233 g/mol. The third kappa shape index (κ3) is 2.20. The van der Waals surface area contributed by atoms with Gasteiger partial charge >= 0.3 is 0 Å². The molecule has 1 amide bonds. The molecule has 0 fully saturated rings. The van der Waals surface area contributed by atoms with Crippen LogP contribution in [-0.2, 0) is 11.2 Å². The van der Waals surface area contributed by atoms with Crippen molar-refractivity contribution in [2.75, 3.05) is 5.73 Å². The minimum absolute atomic E-state index is 0.170. The summed E-state index contributed by atoms with van der Waals surface area (Å²) in [6.45, 7) is 0. The van der Waals surface area contributed by atoms with E-state index in [0.717, 1.165) is 10.6 Å². The molecule has 0 atom stereocenters. The van der Waals surface area contributed by atoms with Crippen LogP contribution in [-0.4, -0.2) is 10.9 Å². The van der Waals surface area contributed by atoms with Gasteiger partial charge < -0.3 is 11.5 Å². The number of para-hydroxylation sites is 1. The minimum atomic E-state index is -0.377. The quantitative estimate of drug-likeness (QED) is 0.786. The topological polar surface area (TPSA) is 82.0 Å². The van der Waals surface area contributed by atoms with Crippen molar-refractivity contribution in [1.29, 1.82) is 0 Å². The van der Waals surface area contributed by atoms with E-state index in [2.05, 4.69) is 4.98 Å². The number of aromatic nitrogens is 1. The molecule has 1 heterocycles. The summed E-state index contributed by atoms with van der Waals surface area (Å²) < 4.78 is 0. The third-order valence-electron chi connectivity index (χ3n) is 2.10. The Kier molecular flexibility index (Phi) is 2.87. The number of carbonyl (C=O) groups is 1. The van der Waals surface area contributed by atoms with Crippen LogP contribution in [0.1, 0.15) is 5.69 Å². The van der Waals surface area contributed by atoms with Gasteiger partial charge in [-0.1, -0.05) is 12.1 Å². The number of hydrogen-bond donors (Lipinski definition) is 2. The zero-order valence-corrected chi connectivity index (χ0v) is 9.33. The Hall–Kier alpha value is -1.88. The lowest BCUT2D eigenvalue weighted by molar-refractivity contribution is -0.117. The first-order chi connectivity index (χ1) is 7.66. The van der Waals surface area contributed by atoms with E-state index in [9.17, 15) is 4.79 Å². The summed E-state index contributed by atoms with van der Waals surface area (Å²) in [6, 6.07) is 7.50. The Labute approximate surface area is 96.9 Å². The average Bonchev–Trinajstić information content (AvgIpc) is 2.66. The fourth-order valence-electron chi connectivity index (χ4n) is 1.38. The zero-order chi connectivity index (χ0) is 11.5. The molecule has 1 aromatic carbocycles. The van der Waals surface area contributed by atoms with Crippen molar-refractivity contribution in [2.45, 2.75) is 6.42 Å². The molecule has 0 saturated heterocycles. The van der Waals surface area contributed by atoms with Crippen molar-refractivity contribution in [3.05, 3.63) is 35.3 Å². The number of primary amides is 1. The Morgan fingerprint density at radius 1 is 1.38 bits per heavy atom. The molecule has 0 saturated carbocycles. The van der Waals surface area contributed by atoms with Gasteiger partial charge in [-0.3, -0.25) is 4.79 Å². The van der Waals surface area contributed by atoms with Gasteiger partial charge in [0, 0.05) is 16.6 Å². The van der Waals surface area contributed by atoms with Crippen LogP contribution in [0.3, 0.4) is 0 Å². The Balaban J connectivity index is 2.32. The Bertz CT molecular complexity index is 521. The molecular formula is C11H11N3OS. The normalized spacial score (nSPS) is 10.2. The number of thiazole rings is 1. The molecule has 0 aliphatic carbocycles. The van der Waals surface area contributed by atoms with Gasteiger partial charge in [0.1, 0.15) is 5.01 Å². The van der Waals surface area contributed by atoms with Gasteiger partial charge in [-0.25, -0.2) is 4.98 Å². The van der Waals surface area contributed by atoms with Gasteiger partial charge in [-0.15, -0.1) is 11.3 Å². The number of nitrogens with two attached hydrogens (primary N) is 2. The molecule has 0 spiro atoms. The maximum absolute atomic E-state index is 10.7. The lowest BCUT2D eigenvalue weighted by Crippen LogP contribution is -2.13. The molecule has 4 nitrogen and oxygen atoms in total. The number of nitrogens with zero attached hydrogens (tertiary/aromatic N) is 1. The van der Waals surface area contributed by atoms with Crippen molar-refractivity contribution in [1.82, 2.24) is 4.98 Å². The van der Waals surface area contributed by atoms with Gasteiger partial charge in [0.15, 0.2) is 0 Å². The summed E-state index contributed by atoms with van der Waals surface area (Å²) in [4.78, 5) is 15.1. The largest absolute Gasteiger partial charge is 0.398 e. The molecule has 16 heavy (non-hydrogen) atoms. The van der Waals surface area contributed by atoms with Crippen molar-refractivity contribution in [2.24, 2.45) is 5.73 Å². The van der Waals surface area contributed by atoms with Crippen molar-refractivity contribution >= 4 is 22.9 Å². The van der Waals surface area contributed by atoms with Crippen LogP contribution in [0.4, 0.5) is 5.69 Å². The first kappa shape index (κ1) is 10.6. The average molecular weight is 233 g/mol. The van der Waals surface area contributed by atoms with Gasteiger partial charge in [-0.05, 0) is 12.1 Å². The number of hydrogen-bond acceptors (Lipinski definition) is 4. The second kappa shape index (κ2) is 4.32. The highest BCUT2D eigenvalue weighted by molar-refractivity contribution is 7.13. The van der Waals surface area contributed by atoms with Gasteiger partial charge in [0.25, 0.3) is 0 Å². The van der Waals surface area contributed by atoms with Gasteiger partial charge in [0.05, 0.1) is 12.1 Å². The summed E-state index contributed by atoms with van der Waals surface area (Å²) in [6.07, 6.45) is 0.170. The van der Waals surface area contributed by atoms with Crippen LogP contribution >= 0.6 is 11.3 Å². The molecule has 1 aromatic heterocycles. The summed E-state index contributed by atoms with van der Waals surface area (Å²) in [7, 11) is 0. The molecule has 4 N–H and O–H groups in total. The lowest BCUT2D eigenvalue weighted by atomic mass is 10.2. The van der Waals surface area contributed by atoms with Crippen LogP contribution in [0.25, 0.3) is 10.6 Å². The molecular weight excluding hydrogens is 222 g/mol. The van der Waals surface area contributed by atoms with Crippen LogP contribution in [0, 0.1) is 0 Å². The lowest BCUT2D eigenvalue weighted by Gasteiger charge is -1.99. The number of amides is 1. The molecule has 82 valence electrons. The number of benzene rings is 1. The van der Waals surface area contributed by atoms with E-state index in [1.54, 1.807) is 0 Å². The van der Waals surface area contributed by atoms with E-state index in [0.29, 0.717) is 11.4 Å². The fraction of sp³-hybridized carbons (Fsp3) is 0.0909. The van der Waals surface area contributed by atoms with Crippen molar-refractivity contribution in [3.63, 3.8) is 0 Å². The second-order valence-electron chi connectivity index (χ2n) is 3.37. The number of carbonyl (C=O) groups excluding carboxylic acids is 1. The van der Waals surface area contributed by atoms with Gasteiger partial charge in [-0.2, -0.15) is 0 Å². The Morgan fingerprint density at radius 2 is 2.12 bits per heavy atom. The SMILES string of the molecule is NC(=O)Cc1csc(-c2ccccc2N)n1. The molecule has 0 aliphatic heterocycles. The second-order valence-corrected chi connectivity index (χ2v) is 4.23. The molecule has 0 radical (unpaired) electrons. The van der Waals surface area contributed by atoms with E-state index in [1.807, 2.05) is 29.6 Å². The molecule has 0 unspecified atom stereocenters. The number of rotatable bonds is 3.